The van der Waals surface area contributed by atoms with E-state index in [9.17, 15) is 4.79 Å². The van der Waals surface area contributed by atoms with E-state index in [0.29, 0.717) is 5.57 Å². The molecule has 0 saturated heterocycles. The van der Waals surface area contributed by atoms with E-state index >= 15 is 0 Å². The molecule has 0 amide bonds. The molecule has 1 heterocycles. The molecule has 0 bridgehead atoms. The normalized spacial score (nSPS) is 11.4. The highest BCUT2D eigenvalue weighted by atomic mass is 79.9. The van der Waals surface area contributed by atoms with Gasteiger partial charge in [0.05, 0.1) is 0 Å². The average Bonchev–Trinajstić information content (AvgIpc) is 2.08. The first-order valence-electron chi connectivity index (χ1n) is 3.63. The molecule has 0 aliphatic rings. The number of nitrogens with zero attached hydrogens (tertiary/aromatic N) is 1. The number of hydrogen-bond donors (Lipinski definition) is 1. The summed E-state index contributed by atoms with van der Waals surface area (Å²) < 4.78 is 0.734. The van der Waals surface area contributed by atoms with Gasteiger partial charge in [-0.15, -0.1) is 0 Å². The monoisotopic (exact) mass is 241 g/mol. The lowest BCUT2D eigenvalue weighted by Crippen LogP contribution is -1.95. The number of aromatic nitrogens is 1. The van der Waals surface area contributed by atoms with Crippen molar-refractivity contribution in [1.82, 2.24) is 4.98 Å². The van der Waals surface area contributed by atoms with Gasteiger partial charge in [-0.05, 0) is 40.6 Å². The van der Waals surface area contributed by atoms with Crippen LogP contribution in [0.3, 0.4) is 0 Å². The zero-order valence-corrected chi connectivity index (χ0v) is 8.58. The lowest BCUT2D eigenvalue weighted by Gasteiger charge is -1.95. The van der Waals surface area contributed by atoms with E-state index in [1.807, 2.05) is 0 Å². The fourth-order valence-corrected chi connectivity index (χ4v) is 1.02. The molecular weight excluding hydrogens is 234 g/mol. The molecule has 0 unspecified atom stereocenters. The van der Waals surface area contributed by atoms with Crippen molar-refractivity contribution in [3.05, 3.63) is 34.1 Å². The van der Waals surface area contributed by atoms with Crippen LogP contribution < -0.4 is 0 Å². The minimum atomic E-state index is -0.914. The number of aliphatic carboxylic acids is 1. The lowest BCUT2D eigenvalue weighted by atomic mass is 10.2. The molecule has 0 aromatic carbocycles. The van der Waals surface area contributed by atoms with E-state index in [-0.39, 0.29) is 0 Å². The SMILES string of the molecule is C/C(=C\c1ccc(Br)nc1)C(=O)O. The molecule has 0 fully saturated rings. The van der Waals surface area contributed by atoms with Gasteiger partial charge in [0.1, 0.15) is 4.60 Å². The first-order chi connectivity index (χ1) is 6.09. The Morgan fingerprint density at radius 3 is 2.77 bits per heavy atom. The van der Waals surface area contributed by atoms with Crippen molar-refractivity contribution in [3.8, 4) is 0 Å². The number of pyridine rings is 1. The summed E-state index contributed by atoms with van der Waals surface area (Å²) in [5.74, 6) is -0.914. The summed E-state index contributed by atoms with van der Waals surface area (Å²) in [5, 5.41) is 8.60. The van der Waals surface area contributed by atoms with Crippen LogP contribution in [0.4, 0.5) is 0 Å². The summed E-state index contributed by atoms with van der Waals surface area (Å²) in [5.41, 5.74) is 1.08. The first-order valence-corrected chi connectivity index (χ1v) is 4.42. The molecule has 1 aromatic heterocycles. The third kappa shape index (κ3) is 2.99. The first kappa shape index (κ1) is 9.92. The number of hydrogen-bond acceptors (Lipinski definition) is 2. The Kier molecular flexibility index (Phi) is 3.19. The van der Waals surface area contributed by atoms with Gasteiger partial charge in [-0.3, -0.25) is 0 Å². The van der Waals surface area contributed by atoms with Gasteiger partial charge in [0.2, 0.25) is 0 Å². The fourth-order valence-electron chi connectivity index (χ4n) is 0.784. The lowest BCUT2D eigenvalue weighted by molar-refractivity contribution is -0.132. The van der Waals surface area contributed by atoms with Gasteiger partial charge in [0.15, 0.2) is 0 Å². The number of carboxylic acid groups (broad SMARTS) is 1. The minimum absolute atomic E-state index is 0.295. The summed E-state index contributed by atoms with van der Waals surface area (Å²) in [6.07, 6.45) is 3.18. The van der Waals surface area contributed by atoms with Crippen LogP contribution >= 0.6 is 15.9 Å². The van der Waals surface area contributed by atoms with Crippen LogP contribution in [0.2, 0.25) is 0 Å². The molecule has 1 rings (SSSR count). The van der Waals surface area contributed by atoms with Gasteiger partial charge < -0.3 is 5.11 Å². The molecule has 1 N–H and O–H groups in total. The van der Waals surface area contributed by atoms with Crippen molar-refractivity contribution in [3.63, 3.8) is 0 Å². The van der Waals surface area contributed by atoms with E-state index < -0.39 is 5.97 Å². The van der Waals surface area contributed by atoms with Crippen LogP contribution in [0.5, 0.6) is 0 Å². The summed E-state index contributed by atoms with van der Waals surface area (Å²) in [6.45, 7) is 1.55. The highest BCUT2D eigenvalue weighted by molar-refractivity contribution is 9.10. The van der Waals surface area contributed by atoms with Crippen LogP contribution in [0.1, 0.15) is 12.5 Å². The maximum absolute atomic E-state index is 10.5. The zero-order valence-electron chi connectivity index (χ0n) is 6.99. The molecule has 0 aliphatic heterocycles. The Bertz CT molecular complexity index is 343. The van der Waals surface area contributed by atoms with Crippen molar-refractivity contribution in [1.29, 1.82) is 0 Å². The van der Waals surface area contributed by atoms with Crippen molar-refractivity contribution in [2.45, 2.75) is 6.92 Å². The van der Waals surface area contributed by atoms with Crippen LogP contribution in [0.25, 0.3) is 6.08 Å². The predicted octanol–water partition coefficient (Wildman–Crippen LogP) is 2.33. The number of carboxylic acids is 1. The molecule has 0 atom stereocenters. The second kappa shape index (κ2) is 4.18. The Labute approximate surface area is 84.2 Å². The van der Waals surface area contributed by atoms with E-state index in [2.05, 4.69) is 20.9 Å². The average molecular weight is 242 g/mol. The Morgan fingerprint density at radius 2 is 2.31 bits per heavy atom. The van der Waals surface area contributed by atoms with Crippen molar-refractivity contribution >= 4 is 28.0 Å². The van der Waals surface area contributed by atoms with E-state index in [0.717, 1.165) is 10.2 Å². The second-order valence-corrected chi connectivity index (χ2v) is 3.36. The van der Waals surface area contributed by atoms with Crippen molar-refractivity contribution in [2.24, 2.45) is 0 Å². The van der Waals surface area contributed by atoms with Crippen LogP contribution in [0, 0.1) is 0 Å². The molecule has 13 heavy (non-hydrogen) atoms. The standard InChI is InChI=1S/C9H8BrNO2/c1-6(9(12)13)4-7-2-3-8(10)11-5-7/h2-5H,1H3,(H,12,13)/b6-4+. The third-order valence-electron chi connectivity index (χ3n) is 1.47. The predicted molar refractivity (Wildman–Crippen MR) is 53.2 cm³/mol. The minimum Gasteiger partial charge on any atom is -0.478 e. The highest BCUT2D eigenvalue weighted by Gasteiger charge is 1.99. The number of rotatable bonds is 2. The third-order valence-corrected chi connectivity index (χ3v) is 1.94. The molecule has 0 spiro atoms. The Hall–Kier alpha value is -1.16. The van der Waals surface area contributed by atoms with Gasteiger partial charge >= 0.3 is 5.97 Å². The van der Waals surface area contributed by atoms with Crippen LogP contribution in [-0.4, -0.2) is 16.1 Å². The van der Waals surface area contributed by atoms with Gasteiger partial charge in [-0.2, -0.15) is 0 Å². The molecule has 0 radical (unpaired) electrons. The van der Waals surface area contributed by atoms with Crippen molar-refractivity contribution < 1.29 is 9.90 Å². The maximum Gasteiger partial charge on any atom is 0.331 e. The number of halogens is 1. The smallest absolute Gasteiger partial charge is 0.331 e. The highest BCUT2D eigenvalue weighted by Crippen LogP contribution is 2.09. The molecular formula is C9H8BrNO2. The molecule has 3 nitrogen and oxygen atoms in total. The largest absolute Gasteiger partial charge is 0.478 e. The molecule has 68 valence electrons. The quantitative estimate of drug-likeness (QED) is 0.639. The van der Waals surface area contributed by atoms with Crippen LogP contribution in [-0.2, 0) is 4.79 Å². The molecule has 1 aromatic rings. The summed E-state index contributed by atoms with van der Waals surface area (Å²) in [4.78, 5) is 14.4. The fraction of sp³-hybridized carbons (Fsp3) is 0.111. The van der Waals surface area contributed by atoms with E-state index in [1.54, 1.807) is 31.3 Å². The molecule has 4 heteroatoms. The van der Waals surface area contributed by atoms with E-state index in [4.69, 9.17) is 5.11 Å². The van der Waals surface area contributed by atoms with E-state index in [1.165, 1.54) is 0 Å². The zero-order chi connectivity index (χ0) is 9.84. The molecule has 0 aliphatic carbocycles. The topological polar surface area (TPSA) is 50.2 Å². The summed E-state index contributed by atoms with van der Waals surface area (Å²) >= 11 is 3.19. The summed E-state index contributed by atoms with van der Waals surface area (Å²) in [6, 6.07) is 3.56. The second-order valence-electron chi connectivity index (χ2n) is 2.55. The van der Waals surface area contributed by atoms with Gasteiger partial charge in [-0.1, -0.05) is 6.07 Å². The van der Waals surface area contributed by atoms with Gasteiger partial charge in [-0.25, -0.2) is 9.78 Å². The Morgan fingerprint density at radius 1 is 1.62 bits per heavy atom. The van der Waals surface area contributed by atoms with Gasteiger partial charge in [0, 0.05) is 11.8 Å². The summed E-state index contributed by atoms with van der Waals surface area (Å²) in [7, 11) is 0. The van der Waals surface area contributed by atoms with Gasteiger partial charge in [0.25, 0.3) is 0 Å². The number of carbonyl (C=O) groups is 1. The van der Waals surface area contributed by atoms with Crippen LogP contribution in [0.15, 0.2) is 28.5 Å². The van der Waals surface area contributed by atoms with Crippen molar-refractivity contribution in [2.75, 3.05) is 0 Å². The molecule has 0 saturated carbocycles. The Balaban J connectivity index is 2.92. The maximum atomic E-state index is 10.5.